The number of aliphatic hydroxyl groups excluding tert-OH is 2. The summed E-state index contributed by atoms with van der Waals surface area (Å²) < 4.78 is 17.5. The summed E-state index contributed by atoms with van der Waals surface area (Å²) in [4.78, 5) is 21.2. The van der Waals surface area contributed by atoms with Crippen LogP contribution in [0.25, 0.3) is 0 Å². The topological polar surface area (TPSA) is 151 Å². The highest BCUT2D eigenvalue weighted by molar-refractivity contribution is 5.85. The molecule has 1 aromatic heterocycles. The highest BCUT2D eigenvalue weighted by Crippen LogP contribution is 2.70. The lowest BCUT2D eigenvalue weighted by Crippen LogP contribution is -2.69. The first-order valence-electron chi connectivity index (χ1n) is 16.9. The largest absolute Gasteiger partial charge is 0.458 e. The van der Waals surface area contributed by atoms with E-state index in [1.807, 2.05) is 24.5 Å². The second-order valence-electron chi connectivity index (χ2n) is 15.0. The van der Waals surface area contributed by atoms with Gasteiger partial charge in [0.15, 0.2) is 6.29 Å². The van der Waals surface area contributed by atoms with Crippen molar-refractivity contribution in [2.45, 2.75) is 127 Å². The first-order valence-corrected chi connectivity index (χ1v) is 16.9. The van der Waals surface area contributed by atoms with Gasteiger partial charge in [-0.2, -0.15) is 0 Å². The number of aliphatic hydroxyl groups is 4. The van der Waals surface area contributed by atoms with Crippen molar-refractivity contribution in [1.82, 2.24) is 4.98 Å². The molecule has 0 radical (unpaired) electrons. The van der Waals surface area contributed by atoms with Gasteiger partial charge in [0.1, 0.15) is 12.7 Å². The Morgan fingerprint density at radius 2 is 1.93 bits per heavy atom. The minimum Gasteiger partial charge on any atom is -0.458 e. The standard InChI is InChI=1S/C35H48N2O8/c1-21-31(40)28(38)15-30(44-21)45-24-5-10-33(20-37-18-22-4-3-13-36-17-22)26-6-9-32(2)25(23-14-29(39)43-19-23)8-12-35(32,42)27(26)7-11-34(33,41)16-24/h3-4,13-14,17,20-21,24-28,30-31,38,40-42H,5-12,15-16,18-19H2,1-2H3/t21-,24+,25+,26-,27+,28+,30+,31-,32-,33+,34-,35+/m1/s1. The highest BCUT2D eigenvalue weighted by atomic mass is 16.7. The second-order valence-corrected chi connectivity index (χ2v) is 15.0. The number of carbonyl (C=O) groups is 1. The number of rotatable bonds is 6. The van der Waals surface area contributed by atoms with Crippen molar-refractivity contribution < 1.29 is 39.4 Å². The molecule has 3 heterocycles. The summed E-state index contributed by atoms with van der Waals surface area (Å²) in [6, 6.07) is 3.90. The Hall–Kier alpha value is -2.21. The van der Waals surface area contributed by atoms with Gasteiger partial charge in [0.2, 0.25) is 0 Å². The number of ether oxygens (including phenoxy) is 3. The predicted octanol–water partition coefficient (Wildman–Crippen LogP) is 3.25. The number of esters is 1. The maximum absolute atomic E-state index is 12.7. The third kappa shape index (κ3) is 5.02. The molecule has 4 saturated carbocycles. The third-order valence-corrected chi connectivity index (χ3v) is 13.0. The van der Waals surface area contributed by atoms with Crippen LogP contribution in [-0.2, 0) is 25.5 Å². The van der Waals surface area contributed by atoms with Crippen LogP contribution in [0.2, 0.25) is 0 Å². The summed E-state index contributed by atoms with van der Waals surface area (Å²) in [5.74, 6) is -0.171. The van der Waals surface area contributed by atoms with E-state index >= 15 is 0 Å². The molecule has 10 heteroatoms. The molecule has 1 saturated heterocycles. The first kappa shape index (κ1) is 31.4. The summed E-state index contributed by atoms with van der Waals surface area (Å²) in [5.41, 5.74) is -1.03. The van der Waals surface area contributed by atoms with E-state index in [2.05, 4.69) is 11.9 Å². The Morgan fingerprint density at radius 1 is 1.11 bits per heavy atom. The summed E-state index contributed by atoms with van der Waals surface area (Å²) in [5, 5.41) is 45.9. The SMILES string of the molecule is C[C@H]1O[C@@H](O[C@H]2CC[C@]3(C=NCc4cccnc4)[C@@H]4CC[C@]5(C)[C@H](C6=CC(=O)OC6)CC[C@]5(O)[C@H]4CC[C@@]3(O)C2)C[C@H](O)[C@@H]1O. The second kappa shape index (κ2) is 11.5. The lowest BCUT2D eigenvalue weighted by molar-refractivity contribution is -0.282. The Bertz CT molecular complexity index is 1330. The minimum absolute atomic E-state index is 0.0124. The van der Waals surface area contributed by atoms with E-state index in [4.69, 9.17) is 19.2 Å². The van der Waals surface area contributed by atoms with E-state index in [-0.39, 0.29) is 41.7 Å². The zero-order valence-electron chi connectivity index (χ0n) is 26.4. The number of aliphatic imine (C=N–C) groups is 1. The molecule has 7 rings (SSSR count). The van der Waals surface area contributed by atoms with Gasteiger partial charge in [-0.1, -0.05) is 13.0 Å². The molecule has 246 valence electrons. The van der Waals surface area contributed by atoms with Crippen molar-refractivity contribution in [3.8, 4) is 0 Å². The van der Waals surface area contributed by atoms with E-state index in [9.17, 15) is 25.2 Å². The van der Waals surface area contributed by atoms with Gasteiger partial charge >= 0.3 is 5.97 Å². The molecule has 12 atom stereocenters. The van der Waals surface area contributed by atoms with Crippen molar-refractivity contribution in [3.63, 3.8) is 0 Å². The van der Waals surface area contributed by atoms with E-state index in [1.165, 1.54) is 0 Å². The molecule has 4 N–H and O–H groups in total. The third-order valence-electron chi connectivity index (χ3n) is 13.0. The number of aromatic nitrogens is 1. The molecule has 1 aromatic rings. The fourth-order valence-electron chi connectivity index (χ4n) is 10.6. The van der Waals surface area contributed by atoms with Gasteiger partial charge in [0, 0.05) is 48.4 Å². The number of fused-ring (bicyclic) bond motifs is 5. The van der Waals surface area contributed by atoms with Crippen LogP contribution in [0, 0.1) is 28.6 Å². The molecule has 5 fully saturated rings. The lowest BCUT2D eigenvalue weighted by Gasteiger charge is -2.66. The maximum Gasteiger partial charge on any atom is 0.331 e. The molecule has 0 bridgehead atoms. The van der Waals surface area contributed by atoms with Gasteiger partial charge in [-0.15, -0.1) is 0 Å². The molecular weight excluding hydrogens is 576 g/mol. The normalized spacial score (nSPS) is 48.0. The number of cyclic esters (lactones) is 1. The molecule has 0 unspecified atom stereocenters. The Morgan fingerprint density at radius 3 is 2.67 bits per heavy atom. The zero-order valence-corrected chi connectivity index (χ0v) is 26.4. The van der Waals surface area contributed by atoms with Crippen LogP contribution in [0.15, 0.2) is 41.2 Å². The van der Waals surface area contributed by atoms with Gasteiger partial charge in [0.25, 0.3) is 0 Å². The van der Waals surface area contributed by atoms with Crippen LogP contribution in [0.1, 0.15) is 83.6 Å². The van der Waals surface area contributed by atoms with Crippen LogP contribution in [0.4, 0.5) is 0 Å². The van der Waals surface area contributed by atoms with Gasteiger partial charge in [-0.05, 0) is 93.2 Å². The van der Waals surface area contributed by atoms with Crippen LogP contribution in [0.5, 0.6) is 0 Å². The monoisotopic (exact) mass is 624 g/mol. The Balaban J connectivity index is 1.17. The molecule has 6 aliphatic rings. The first-order chi connectivity index (χ1) is 21.5. The molecule has 4 aliphatic carbocycles. The molecule has 2 aliphatic heterocycles. The summed E-state index contributed by atoms with van der Waals surface area (Å²) in [6.45, 7) is 4.71. The number of hydrogen-bond donors (Lipinski definition) is 4. The lowest BCUT2D eigenvalue weighted by atomic mass is 9.41. The van der Waals surface area contributed by atoms with Crippen molar-refractivity contribution in [1.29, 1.82) is 0 Å². The maximum atomic E-state index is 12.7. The Kier molecular flexibility index (Phi) is 8.02. The van der Waals surface area contributed by atoms with E-state index in [0.29, 0.717) is 51.7 Å². The van der Waals surface area contributed by atoms with Crippen LogP contribution in [0.3, 0.4) is 0 Å². The van der Waals surface area contributed by atoms with Gasteiger partial charge < -0.3 is 34.6 Å². The van der Waals surface area contributed by atoms with Gasteiger partial charge in [-0.25, -0.2) is 4.79 Å². The minimum atomic E-state index is -1.09. The van der Waals surface area contributed by atoms with Crippen LogP contribution < -0.4 is 0 Å². The van der Waals surface area contributed by atoms with Crippen LogP contribution in [-0.4, -0.2) is 86.1 Å². The van der Waals surface area contributed by atoms with E-state index < -0.39 is 41.2 Å². The fraction of sp³-hybridized carbons (Fsp3) is 0.743. The highest BCUT2D eigenvalue weighted by Gasteiger charge is 2.71. The molecule has 0 aromatic carbocycles. The molecule has 0 spiro atoms. The quantitative estimate of drug-likeness (QED) is 0.212. The number of carbonyl (C=O) groups excluding carboxylic acids is 1. The van der Waals surface area contributed by atoms with E-state index in [0.717, 1.165) is 30.4 Å². The smallest absolute Gasteiger partial charge is 0.331 e. The van der Waals surface area contributed by atoms with Crippen molar-refractivity contribution in [3.05, 3.63) is 41.7 Å². The number of nitrogens with zero attached hydrogens (tertiary/aromatic N) is 2. The molecular formula is C35H48N2O8. The summed E-state index contributed by atoms with van der Waals surface area (Å²) >= 11 is 0. The van der Waals surface area contributed by atoms with E-state index in [1.54, 1.807) is 19.2 Å². The van der Waals surface area contributed by atoms with Crippen molar-refractivity contribution in [2.24, 2.45) is 33.6 Å². The average molecular weight is 625 g/mol. The van der Waals surface area contributed by atoms with Crippen molar-refractivity contribution in [2.75, 3.05) is 6.61 Å². The average Bonchev–Trinajstić information content (AvgIpc) is 3.56. The number of hydrogen-bond acceptors (Lipinski definition) is 10. The Labute approximate surface area is 264 Å². The van der Waals surface area contributed by atoms with Gasteiger partial charge in [-0.3, -0.25) is 9.98 Å². The summed E-state index contributed by atoms with van der Waals surface area (Å²) in [6.07, 6.45) is 10.2. The van der Waals surface area contributed by atoms with Crippen molar-refractivity contribution >= 4 is 12.2 Å². The summed E-state index contributed by atoms with van der Waals surface area (Å²) in [7, 11) is 0. The molecule has 10 nitrogen and oxygen atoms in total. The molecule has 0 amide bonds. The number of pyridine rings is 1. The fourth-order valence-corrected chi connectivity index (χ4v) is 10.6. The predicted molar refractivity (Wildman–Crippen MR) is 164 cm³/mol. The van der Waals surface area contributed by atoms with Gasteiger partial charge in [0.05, 0.1) is 36.1 Å². The van der Waals surface area contributed by atoms with Crippen LogP contribution >= 0.6 is 0 Å². The zero-order chi connectivity index (χ0) is 31.6. The molecule has 45 heavy (non-hydrogen) atoms.